The number of benzene rings is 1. The topological polar surface area (TPSA) is 48.4 Å². The molecule has 1 aromatic carbocycles. The summed E-state index contributed by atoms with van der Waals surface area (Å²) in [6, 6.07) is 3.77. The van der Waals surface area contributed by atoms with Crippen molar-refractivity contribution in [2.24, 2.45) is 5.92 Å². The smallest absolute Gasteiger partial charge is 0.232 e. The minimum atomic E-state index is -0.710. The lowest BCUT2D eigenvalue weighted by molar-refractivity contribution is 0.101. The number of Topliss-reactive ketones (excluding diaryl/α,β-unsaturated/α-hetero) is 1. The van der Waals surface area contributed by atoms with Gasteiger partial charge in [0.2, 0.25) is 5.88 Å². The Morgan fingerprint density at radius 3 is 2.54 bits per heavy atom. The molecule has 4 nitrogen and oxygen atoms in total. The highest BCUT2D eigenvalue weighted by Gasteiger charge is 2.14. The Kier molecular flexibility index (Phi) is 6.02. The number of ether oxygens (including phenoxy) is 2. The molecule has 24 heavy (non-hydrogen) atoms. The zero-order chi connectivity index (χ0) is 17.9. The molecular formula is C17H16Cl2FNO3. The van der Waals surface area contributed by atoms with E-state index in [4.69, 9.17) is 32.7 Å². The van der Waals surface area contributed by atoms with Crippen LogP contribution in [0, 0.1) is 11.7 Å². The minimum Gasteiger partial charge on any atom is -0.476 e. The maximum atomic E-state index is 13.9. The van der Waals surface area contributed by atoms with Crippen molar-refractivity contribution in [3.8, 4) is 17.4 Å². The third kappa shape index (κ3) is 4.58. The van der Waals surface area contributed by atoms with Crippen molar-refractivity contribution in [3.05, 3.63) is 45.8 Å². The summed E-state index contributed by atoms with van der Waals surface area (Å²) in [4.78, 5) is 15.4. The predicted octanol–water partition coefficient (Wildman–Crippen LogP) is 5.56. The third-order valence-corrected chi connectivity index (χ3v) is 3.53. The molecule has 0 N–H and O–H groups in total. The van der Waals surface area contributed by atoms with Crippen LogP contribution in [0.1, 0.15) is 31.1 Å². The van der Waals surface area contributed by atoms with Crippen molar-refractivity contribution in [2.75, 3.05) is 6.61 Å². The standard InChI is InChI=1S/C17H16Cl2FNO3/c1-9(2)8-23-17-14(19)4-11(7-21-17)24-16-6-15(20)12(10(3)22)5-13(16)18/h4-7,9H,8H2,1-3H3. The normalized spacial score (nSPS) is 10.8. The van der Waals surface area contributed by atoms with Gasteiger partial charge in [-0.2, -0.15) is 0 Å². The number of carbonyl (C=O) groups excluding carboxylic acids is 1. The molecule has 2 rings (SSSR count). The van der Waals surface area contributed by atoms with Crippen molar-refractivity contribution in [1.29, 1.82) is 0 Å². The van der Waals surface area contributed by atoms with Crippen molar-refractivity contribution in [1.82, 2.24) is 4.98 Å². The molecular weight excluding hydrogens is 356 g/mol. The largest absolute Gasteiger partial charge is 0.476 e. The van der Waals surface area contributed by atoms with Gasteiger partial charge in [0, 0.05) is 12.1 Å². The van der Waals surface area contributed by atoms with Gasteiger partial charge < -0.3 is 9.47 Å². The van der Waals surface area contributed by atoms with Gasteiger partial charge in [0.05, 0.1) is 23.4 Å². The molecule has 2 aromatic rings. The molecule has 0 atom stereocenters. The van der Waals surface area contributed by atoms with E-state index in [0.29, 0.717) is 18.4 Å². The van der Waals surface area contributed by atoms with Crippen LogP contribution in [-0.4, -0.2) is 17.4 Å². The number of carbonyl (C=O) groups is 1. The highest BCUT2D eigenvalue weighted by atomic mass is 35.5. The highest BCUT2D eigenvalue weighted by Crippen LogP contribution is 2.34. The molecule has 1 aromatic heterocycles. The summed E-state index contributed by atoms with van der Waals surface area (Å²) in [7, 11) is 0. The lowest BCUT2D eigenvalue weighted by Gasteiger charge is -2.12. The monoisotopic (exact) mass is 371 g/mol. The van der Waals surface area contributed by atoms with Crippen LogP contribution in [0.5, 0.6) is 17.4 Å². The molecule has 0 saturated heterocycles. The highest BCUT2D eigenvalue weighted by molar-refractivity contribution is 6.32. The Morgan fingerprint density at radius 1 is 1.25 bits per heavy atom. The van der Waals surface area contributed by atoms with E-state index in [0.717, 1.165) is 6.07 Å². The fourth-order valence-corrected chi connectivity index (χ4v) is 2.23. The third-order valence-electron chi connectivity index (χ3n) is 2.96. The van der Waals surface area contributed by atoms with Crippen LogP contribution in [0.3, 0.4) is 0 Å². The van der Waals surface area contributed by atoms with Gasteiger partial charge in [0.1, 0.15) is 22.3 Å². The van der Waals surface area contributed by atoms with Crippen molar-refractivity contribution < 1.29 is 18.7 Å². The molecule has 0 bridgehead atoms. The predicted molar refractivity (Wildman–Crippen MR) is 91.1 cm³/mol. The summed E-state index contributed by atoms with van der Waals surface area (Å²) in [5.74, 6) is -0.168. The maximum Gasteiger partial charge on any atom is 0.232 e. The van der Waals surface area contributed by atoms with E-state index in [1.165, 1.54) is 25.3 Å². The summed E-state index contributed by atoms with van der Waals surface area (Å²) in [6.45, 7) is 5.75. The van der Waals surface area contributed by atoms with Gasteiger partial charge in [-0.15, -0.1) is 0 Å². The molecule has 0 aliphatic rings. The lowest BCUT2D eigenvalue weighted by Crippen LogP contribution is -2.06. The molecule has 0 unspecified atom stereocenters. The van der Waals surface area contributed by atoms with Crippen LogP contribution in [0.4, 0.5) is 4.39 Å². The van der Waals surface area contributed by atoms with Crippen LogP contribution in [0.25, 0.3) is 0 Å². The molecule has 0 amide bonds. The second-order valence-corrected chi connectivity index (χ2v) is 6.40. The van der Waals surface area contributed by atoms with Gasteiger partial charge in [0.15, 0.2) is 5.78 Å². The molecule has 0 aliphatic carbocycles. The molecule has 0 saturated carbocycles. The van der Waals surface area contributed by atoms with Gasteiger partial charge in [-0.05, 0) is 18.9 Å². The van der Waals surface area contributed by atoms with Crippen LogP contribution in [0.2, 0.25) is 10.0 Å². The van der Waals surface area contributed by atoms with E-state index in [9.17, 15) is 9.18 Å². The van der Waals surface area contributed by atoms with Crippen molar-refractivity contribution in [3.63, 3.8) is 0 Å². The fraction of sp³-hybridized carbons (Fsp3) is 0.294. The minimum absolute atomic E-state index is 0.0629. The van der Waals surface area contributed by atoms with E-state index in [1.807, 2.05) is 13.8 Å². The second-order valence-electron chi connectivity index (χ2n) is 5.58. The fourth-order valence-electron chi connectivity index (χ4n) is 1.82. The first-order chi connectivity index (χ1) is 11.3. The van der Waals surface area contributed by atoms with Crippen LogP contribution in [-0.2, 0) is 0 Å². The van der Waals surface area contributed by atoms with E-state index in [2.05, 4.69) is 4.98 Å². The summed E-state index contributed by atoms with van der Waals surface area (Å²) in [6.07, 6.45) is 1.40. The molecule has 128 valence electrons. The Bertz CT molecular complexity index is 766. The molecule has 1 heterocycles. The van der Waals surface area contributed by atoms with E-state index in [1.54, 1.807) is 0 Å². The van der Waals surface area contributed by atoms with E-state index >= 15 is 0 Å². The van der Waals surface area contributed by atoms with E-state index in [-0.39, 0.29) is 27.1 Å². The van der Waals surface area contributed by atoms with Gasteiger partial charge in [-0.25, -0.2) is 9.37 Å². The zero-order valence-electron chi connectivity index (χ0n) is 13.4. The Balaban J connectivity index is 2.21. The van der Waals surface area contributed by atoms with E-state index < -0.39 is 11.6 Å². The summed E-state index contributed by atoms with van der Waals surface area (Å²) in [5.41, 5.74) is -0.0964. The molecule has 0 spiro atoms. The van der Waals surface area contributed by atoms with Gasteiger partial charge in [-0.1, -0.05) is 37.0 Å². The summed E-state index contributed by atoms with van der Waals surface area (Å²) < 4.78 is 24.8. The van der Waals surface area contributed by atoms with Crippen LogP contribution in [0.15, 0.2) is 24.4 Å². The zero-order valence-corrected chi connectivity index (χ0v) is 14.9. The average molecular weight is 372 g/mol. The molecule has 0 fully saturated rings. The van der Waals surface area contributed by atoms with Crippen LogP contribution < -0.4 is 9.47 Å². The molecule has 0 aliphatic heterocycles. The molecule has 7 heteroatoms. The number of hydrogen-bond acceptors (Lipinski definition) is 4. The number of ketones is 1. The van der Waals surface area contributed by atoms with Crippen molar-refractivity contribution in [2.45, 2.75) is 20.8 Å². The number of halogens is 3. The lowest BCUT2D eigenvalue weighted by atomic mass is 10.1. The molecule has 0 radical (unpaired) electrons. The van der Waals surface area contributed by atoms with Gasteiger partial charge >= 0.3 is 0 Å². The van der Waals surface area contributed by atoms with Crippen LogP contribution >= 0.6 is 23.2 Å². The maximum absolute atomic E-state index is 13.9. The second kappa shape index (κ2) is 7.81. The van der Waals surface area contributed by atoms with Gasteiger partial charge in [0.25, 0.3) is 0 Å². The first-order valence-corrected chi connectivity index (χ1v) is 7.99. The summed E-state index contributed by atoms with van der Waals surface area (Å²) in [5, 5.41) is 0.378. The number of hydrogen-bond donors (Lipinski definition) is 0. The summed E-state index contributed by atoms with van der Waals surface area (Å²) >= 11 is 12.1. The number of aromatic nitrogens is 1. The number of rotatable bonds is 6. The first kappa shape index (κ1) is 18.5. The van der Waals surface area contributed by atoms with Gasteiger partial charge in [-0.3, -0.25) is 4.79 Å². The Hall–Kier alpha value is -1.85. The number of pyridine rings is 1. The number of nitrogens with zero attached hydrogens (tertiary/aromatic N) is 1. The average Bonchev–Trinajstić information content (AvgIpc) is 2.49. The first-order valence-electron chi connectivity index (χ1n) is 7.24. The SMILES string of the molecule is CC(=O)c1cc(Cl)c(Oc2cnc(OCC(C)C)c(Cl)c2)cc1F. The Labute approximate surface area is 149 Å². The quantitative estimate of drug-likeness (QED) is 0.623. The van der Waals surface area contributed by atoms with Crippen molar-refractivity contribution >= 4 is 29.0 Å². The Morgan fingerprint density at radius 2 is 1.96 bits per heavy atom.